The number of hydrogen-bond donors (Lipinski definition) is 2. The number of aliphatic carboxylic acids is 1. The Morgan fingerprint density at radius 1 is 1.52 bits per heavy atom. The largest absolute Gasteiger partial charge is 0.480 e. The Labute approximate surface area is 127 Å². The Hall–Kier alpha value is -1.57. The lowest BCUT2D eigenvalue weighted by Gasteiger charge is -2.14. The summed E-state index contributed by atoms with van der Waals surface area (Å²) in [6.45, 7) is 4.01. The maximum Gasteiger partial charge on any atom is 0.326 e. The summed E-state index contributed by atoms with van der Waals surface area (Å²) < 4.78 is 1.87. The highest BCUT2D eigenvalue weighted by molar-refractivity contribution is 7.99. The molecule has 0 spiro atoms. The van der Waals surface area contributed by atoms with E-state index in [-0.39, 0.29) is 17.7 Å². The second-order valence-electron chi connectivity index (χ2n) is 5.54. The van der Waals surface area contributed by atoms with Crippen LogP contribution in [0.4, 0.5) is 0 Å². The van der Waals surface area contributed by atoms with Crippen LogP contribution in [0.15, 0.2) is 11.5 Å². The smallest absolute Gasteiger partial charge is 0.326 e. The van der Waals surface area contributed by atoms with Crippen LogP contribution in [0, 0.1) is 5.92 Å². The summed E-state index contributed by atoms with van der Waals surface area (Å²) in [6.07, 6.45) is 4.27. The molecule has 1 aromatic heterocycles. The molecule has 0 radical (unpaired) electrons. The number of carboxylic acids is 1. The molecule has 1 aliphatic carbocycles. The van der Waals surface area contributed by atoms with Crippen molar-refractivity contribution in [3.05, 3.63) is 6.33 Å². The molecule has 21 heavy (non-hydrogen) atoms. The Kier molecular flexibility index (Phi) is 5.22. The van der Waals surface area contributed by atoms with Crippen LogP contribution in [0.1, 0.15) is 39.2 Å². The molecule has 1 aliphatic rings. The first-order valence-corrected chi connectivity index (χ1v) is 8.00. The molecule has 0 aromatic carbocycles. The van der Waals surface area contributed by atoms with Gasteiger partial charge < -0.3 is 15.0 Å². The van der Waals surface area contributed by atoms with E-state index in [0.29, 0.717) is 17.5 Å². The van der Waals surface area contributed by atoms with Crippen LogP contribution in [-0.2, 0) is 9.59 Å². The molecule has 2 N–H and O–H groups in total. The highest BCUT2D eigenvalue weighted by Crippen LogP contribution is 2.33. The third-order valence-corrected chi connectivity index (χ3v) is 4.29. The molecule has 2 rings (SSSR count). The molecule has 0 bridgehead atoms. The normalized spacial score (nSPS) is 16.0. The molecule has 116 valence electrons. The van der Waals surface area contributed by atoms with Crippen LogP contribution in [0.25, 0.3) is 0 Å². The summed E-state index contributed by atoms with van der Waals surface area (Å²) >= 11 is 1.26. The van der Waals surface area contributed by atoms with Crippen molar-refractivity contribution in [2.75, 3.05) is 5.75 Å². The van der Waals surface area contributed by atoms with E-state index in [2.05, 4.69) is 15.5 Å². The molecule has 1 atom stereocenters. The van der Waals surface area contributed by atoms with Gasteiger partial charge in [0.2, 0.25) is 5.91 Å². The number of carbonyl (C=O) groups excluding carboxylic acids is 1. The number of aromatic nitrogens is 3. The van der Waals surface area contributed by atoms with Crippen LogP contribution < -0.4 is 5.32 Å². The molecule has 1 aromatic rings. The quantitative estimate of drug-likeness (QED) is 0.703. The average molecular weight is 312 g/mol. The van der Waals surface area contributed by atoms with Gasteiger partial charge in [-0.3, -0.25) is 4.79 Å². The molecule has 8 heteroatoms. The van der Waals surface area contributed by atoms with E-state index in [9.17, 15) is 9.59 Å². The summed E-state index contributed by atoms with van der Waals surface area (Å²) in [6, 6.07) is -0.569. The van der Waals surface area contributed by atoms with Gasteiger partial charge in [0.25, 0.3) is 0 Å². The van der Waals surface area contributed by atoms with Crippen molar-refractivity contribution in [1.82, 2.24) is 20.1 Å². The van der Waals surface area contributed by atoms with Gasteiger partial charge in [-0.25, -0.2) is 4.79 Å². The first kappa shape index (κ1) is 15.8. The SMILES string of the molecule is CC(C)n1cnnc1SCC(=O)NC(CC1CC1)C(=O)O. The minimum Gasteiger partial charge on any atom is -0.480 e. The van der Waals surface area contributed by atoms with Crippen LogP contribution in [0.2, 0.25) is 0 Å². The number of rotatable bonds is 8. The van der Waals surface area contributed by atoms with E-state index in [4.69, 9.17) is 5.11 Å². The number of hydrogen-bond acceptors (Lipinski definition) is 5. The van der Waals surface area contributed by atoms with E-state index in [1.807, 2.05) is 18.4 Å². The lowest BCUT2D eigenvalue weighted by Crippen LogP contribution is -2.42. The number of nitrogens with one attached hydrogen (secondary N) is 1. The second-order valence-corrected chi connectivity index (χ2v) is 6.48. The fraction of sp³-hybridized carbons (Fsp3) is 0.692. The first-order valence-electron chi connectivity index (χ1n) is 7.02. The highest BCUT2D eigenvalue weighted by atomic mass is 32.2. The van der Waals surface area contributed by atoms with Gasteiger partial charge in [-0.05, 0) is 26.2 Å². The van der Waals surface area contributed by atoms with Crippen molar-refractivity contribution >= 4 is 23.6 Å². The van der Waals surface area contributed by atoms with Gasteiger partial charge in [0.15, 0.2) is 5.16 Å². The van der Waals surface area contributed by atoms with Gasteiger partial charge in [0.1, 0.15) is 12.4 Å². The molecule has 7 nitrogen and oxygen atoms in total. The average Bonchev–Trinajstić information content (AvgIpc) is 3.10. The zero-order chi connectivity index (χ0) is 15.4. The fourth-order valence-corrected chi connectivity index (χ4v) is 2.82. The summed E-state index contributed by atoms with van der Waals surface area (Å²) in [4.78, 5) is 23.0. The Morgan fingerprint density at radius 2 is 2.24 bits per heavy atom. The Balaban J connectivity index is 1.83. The lowest BCUT2D eigenvalue weighted by atomic mass is 10.1. The molecule has 1 saturated carbocycles. The summed E-state index contributed by atoms with van der Waals surface area (Å²) in [5, 5.41) is 20.1. The number of carboxylic acid groups (broad SMARTS) is 1. The standard InChI is InChI=1S/C13H20N4O3S/c1-8(2)17-7-14-16-13(17)21-6-11(18)15-10(12(19)20)5-9-3-4-9/h7-10H,3-6H2,1-2H3,(H,15,18)(H,19,20). The van der Waals surface area contributed by atoms with Crippen molar-refractivity contribution in [1.29, 1.82) is 0 Å². The molecule has 1 heterocycles. The van der Waals surface area contributed by atoms with Crippen LogP contribution in [0.3, 0.4) is 0 Å². The van der Waals surface area contributed by atoms with Gasteiger partial charge in [-0.2, -0.15) is 0 Å². The Morgan fingerprint density at radius 3 is 2.81 bits per heavy atom. The lowest BCUT2D eigenvalue weighted by molar-refractivity contribution is -0.141. The van der Waals surface area contributed by atoms with Crippen LogP contribution >= 0.6 is 11.8 Å². The number of carbonyl (C=O) groups is 2. The maximum absolute atomic E-state index is 11.9. The van der Waals surface area contributed by atoms with Gasteiger partial charge in [0, 0.05) is 6.04 Å². The van der Waals surface area contributed by atoms with Gasteiger partial charge >= 0.3 is 5.97 Å². The molecule has 0 saturated heterocycles. The highest BCUT2D eigenvalue weighted by Gasteiger charge is 2.30. The van der Waals surface area contributed by atoms with Gasteiger partial charge in [-0.1, -0.05) is 24.6 Å². The van der Waals surface area contributed by atoms with E-state index in [1.54, 1.807) is 6.33 Å². The second kappa shape index (κ2) is 6.93. The Bertz CT molecular complexity index is 513. The zero-order valence-electron chi connectivity index (χ0n) is 12.2. The monoisotopic (exact) mass is 312 g/mol. The van der Waals surface area contributed by atoms with Gasteiger partial charge in [0.05, 0.1) is 5.75 Å². The van der Waals surface area contributed by atoms with E-state index < -0.39 is 12.0 Å². The van der Waals surface area contributed by atoms with E-state index in [1.165, 1.54) is 11.8 Å². The summed E-state index contributed by atoms with van der Waals surface area (Å²) in [5.41, 5.74) is 0. The minimum absolute atomic E-state index is 0.139. The molecule has 1 amide bonds. The fourth-order valence-electron chi connectivity index (χ4n) is 1.96. The third-order valence-electron chi connectivity index (χ3n) is 3.33. The zero-order valence-corrected chi connectivity index (χ0v) is 13.0. The van der Waals surface area contributed by atoms with Crippen LogP contribution in [0.5, 0.6) is 0 Å². The molecule has 1 unspecified atom stereocenters. The topological polar surface area (TPSA) is 97.1 Å². The van der Waals surface area contributed by atoms with Crippen molar-refractivity contribution in [3.63, 3.8) is 0 Å². The van der Waals surface area contributed by atoms with Crippen molar-refractivity contribution in [2.24, 2.45) is 5.92 Å². The number of nitrogens with zero attached hydrogens (tertiary/aromatic N) is 3. The third kappa shape index (κ3) is 4.73. The van der Waals surface area contributed by atoms with E-state index >= 15 is 0 Å². The molecule has 0 aliphatic heterocycles. The maximum atomic E-state index is 11.9. The van der Waals surface area contributed by atoms with Crippen molar-refractivity contribution in [2.45, 2.75) is 50.4 Å². The number of amides is 1. The van der Waals surface area contributed by atoms with Gasteiger partial charge in [-0.15, -0.1) is 10.2 Å². The van der Waals surface area contributed by atoms with Crippen LogP contribution in [-0.4, -0.2) is 43.5 Å². The number of thioether (sulfide) groups is 1. The summed E-state index contributed by atoms with van der Waals surface area (Å²) in [7, 11) is 0. The van der Waals surface area contributed by atoms with E-state index in [0.717, 1.165) is 12.8 Å². The predicted molar refractivity (Wildman–Crippen MR) is 78.0 cm³/mol. The van der Waals surface area contributed by atoms with Crippen molar-refractivity contribution in [3.8, 4) is 0 Å². The molecular formula is C13H20N4O3S. The predicted octanol–water partition coefficient (Wildman–Crippen LogP) is 1.32. The molecular weight excluding hydrogens is 292 g/mol. The molecule has 1 fully saturated rings. The summed E-state index contributed by atoms with van der Waals surface area (Å²) in [5.74, 6) is -0.667. The minimum atomic E-state index is -0.967. The van der Waals surface area contributed by atoms with Crippen molar-refractivity contribution < 1.29 is 14.7 Å². The first-order chi connectivity index (χ1) is 9.97.